The van der Waals surface area contributed by atoms with Gasteiger partial charge in [0.1, 0.15) is 24.2 Å². The van der Waals surface area contributed by atoms with Crippen molar-refractivity contribution in [2.75, 3.05) is 24.2 Å². The molecule has 0 aromatic heterocycles. The maximum Gasteiger partial charge on any atom is 0.244 e. The van der Waals surface area contributed by atoms with Crippen LogP contribution in [0.25, 0.3) is 0 Å². The van der Waals surface area contributed by atoms with Crippen LogP contribution >= 0.6 is 0 Å². The van der Waals surface area contributed by atoms with Crippen molar-refractivity contribution in [3.05, 3.63) is 95.8 Å². The number of halogens is 1. The molecule has 1 saturated carbocycles. The molecule has 0 spiro atoms. The van der Waals surface area contributed by atoms with Crippen LogP contribution in [0, 0.1) is 5.82 Å². The number of carbonyl (C=O) groups is 2. The van der Waals surface area contributed by atoms with Gasteiger partial charge < -0.3 is 15.0 Å². The zero-order valence-electron chi connectivity index (χ0n) is 24.0. The molecule has 1 fully saturated rings. The third-order valence-corrected chi connectivity index (χ3v) is 8.70. The molecule has 3 aromatic rings. The Hall–Kier alpha value is -3.92. The molecule has 1 atom stereocenters. The molecule has 0 aliphatic heterocycles. The van der Waals surface area contributed by atoms with Gasteiger partial charge in [0.25, 0.3) is 0 Å². The number of carbonyl (C=O) groups excluding carboxylic acids is 2. The summed E-state index contributed by atoms with van der Waals surface area (Å²) in [5.74, 6) is -0.955. The van der Waals surface area contributed by atoms with E-state index < -0.39 is 34.3 Å². The van der Waals surface area contributed by atoms with E-state index in [2.05, 4.69) is 5.32 Å². The first-order chi connectivity index (χ1) is 20.2. The fourth-order valence-electron chi connectivity index (χ4n) is 5.27. The van der Waals surface area contributed by atoms with E-state index in [9.17, 15) is 22.4 Å². The van der Waals surface area contributed by atoms with Crippen LogP contribution in [0.3, 0.4) is 0 Å². The minimum Gasteiger partial charge on any atom is -0.497 e. The topological polar surface area (TPSA) is 96.0 Å². The lowest BCUT2D eigenvalue weighted by atomic mass is 9.94. The summed E-state index contributed by atoms with van der Waals surface area (Å²) in [7, 11) is -2.41. The number of methoxy groups -OCH3 is 1. The van der Waals surface area contributed by atoms with Gasteiger partial charge in [-0.05, 0) is 48.7 Å². The molecule has 3 aromatic carbocycles. The van der Waals surface area contributed by atoms with Gasteiger partial charge in [0, 0.05) is 24.6 Å². The minimum absolute atomic E-state index is 0.0123. The first-order valence-electron chi connectivity index (χ1n) is 14.1. The van der Waals surface area contributed by atoms with E-state index in [0.717, 1.165) is 48.2 Å². The Bertz CT molecular complexity index is 1440. The van der Waals surface area contributed by atoms with Crippen molar-refractivity contribution in [1.82, 2.24) is 10.2 Å². The van der Waals surface area contributed by atoms with Gasteiger partial charge in [-0.2, -0.15) is 0 Å². The van der Waals surface area contributed by atoms with E-state index in [1.165, 1.54) is 18.1 Å². The number of hydrogen-bond acceptors (Lipinski definition) is 5. The summed E-state index contributed by atoms with van der Waals surface area (Å²) in [6, 6.07) is 20.7. The van der Waals surface area contributed by atoms with E-state index in [4.69, 9.17) is 4.74 Å². The Morgan fingerprint density at radius 3 is 2.21 bits per heavy atom. The smallest absolute Gasteiger partial charge is 0.244 e. The standard InChI is InChI=1S/C32H38FN3O5S/c1-41-28-19-17-27(18-20-28)36(42(2,39)40)23-31(37)35(22-25-13-9-10-16-29(25)33)30(21-24-11-5-3-6-12-24)32(38)34-26-14-7-4-8-15-26/h3,5-6,9-13,16-20,26,30H,4,7-8,14-15,21-23H2,1-2H3,(H,34,38)/t30-/m0/s1. The maximum absolute atomic E-state index is 14.9. The zero-order valence-corrected chi connectivity index (χ0v) is 24.9. The molecule has 4 rings (SSSR count). The van der Waals surface area contributed by atoms with E-state index in [-0.39, 0.29) is 36.2 Å². The second kappa shape index (κ2) is 14.3. The van der Waals surface area contributed by atoms with Crippen LogP contribution in [0.2, 0.25) is 0 Å². The third-order valence-electron chi connectivity index (χ3n) is 7.56. The molecule has 10 heteroatoms. The number of sulfonamides is 1. The predicted molar refractivity (Wildman–Crippen MR) is 161 cm³/mol. The lowest BCUT2D eigenvalue weighted by Crippen LogP contribution is -2.55. The third kappa shape index (κ3) is 8.31. The van der Waals surface area contributed by atoms with E-state index >= 15 is 0 Å². The zero-order chi connectivity index (χ0) is 30.1. The number of ether oxygens (including phenoxy) is 1. The van der Waals surface area contributed by atoms with Crippen LogP contribution in [0.4, 0.5) is 10.1 Å². The highest BCUT2D eigenvalue weighted by Gasteiger charge is 2.34. The van der Waals surface area contributed by atoms with Crippen LogP contribution in [-0.2, 0) is 32.6 Å². The highest BCUT2D eigenvalue weighted by molar-refractivity contribution is 7.92. The van der Waals surface area contributed by atoms with Gasteiger partial charge in [-0.15, -0.1) is 0 Å². The molecule has 0 saturated heterocycles. The Morgan fingerprint density at radius 1 is 0.952 bits per heavy atom. The predicted octanol–water partition coefficient (Wildman–Crippen LogP) is 4.69. The number of benzene rings is 3. The Labute approximate surface area is 247 Å². The Kier molecular flexibility index (Phi) is 10.6. The summed E-state index contributed by atoms with van der Waals surface area (Å²) < 4.78 is 46.9. The SMILES string of the molecule is COc1ccc(N(CC(=O)N(Cc2ccccc2F)[C@@H](Cc2ccccc2)C(=O)NC2CCCCC2)S(C)(=O)=O)cc1. The van der Waals surface area contributed by atoms with E-state index in [1.54, 1.807) is 42.5 Å². The van der Waals surface area contributed by atoms with Crippen molar-refractivity contribution in [3.63, 3.8) is 0 Å². The highest BCUT2D eigenvalue weighted by Crippen LogP contribution is 2.24. The molecule has 224 valence electrons. The lowest BCUT2D eigenvalue weighted by Gasteiger charge is -2.35. The van der Waals surface area contributed by atoms with Gasteiger partial charge in [-0.25, -0.2) is 12.8 Å². The number of amides is 2. The van der Waals surface area contributed by atoms with Crippen LogP contribution in [0.15, 0.2) is 78.9 Å². The van der Waals surface area contributed by atoms with Gasteiger partial charge in [-0.1, -0.05) is 67.8 Å². The van der Waals surface area contributed by atoms with Crippen molar-refractivity contribution in [1.29, 1.82) is 0 Å². The summed E-state index contributed by atoms with van der Waals surface area (Å²) >= 11 is 0. The van der Waals surface area contributed by atoms with Gasteiger partial charge in [-0.3, -0.25) is 13.9 Å². The molecular weight excluding hydrogens is 557 g/mol. The molecule has 0 heterocycles. The van der Waals surface area contributed by atoms with Crippen LogP contribution in [-0.4, -0.2) is 57.1 Å². The van der Waals surface area contributed by atoms with Crippen LogP contribution in [0.5, 0.6) is 5.75 Å². The fourth-order valence-corrected chi connectivity index (χ4v) is 6.12. The molecule has 0 radical (unpaired) electrons. The second-order valence-corrected chi connectivity index (χ2v) is 12.5. The van der Waals surface area contributed by atoms with Crippen LogP contribution < -0.4 is 14.4 Å². The lowest BCUT2D eigenvalue weighted by molar-refractivity contribution is -0.140. The number of nitrogens with zero attached hydrogens (tertiary/aromatic N) is 2. The van der Waals surface area contributed by atoms with Crippen molar-refractivity contribution in [3.8, 4) is 5.75 Å². The number of rotatable bonds is 12. The number of hydrogen-bond donors (Lipinski definition) is 1. The van der Waals surface area contributed by atoms with Gasteiger partial charge in [0.05, 0.1) is 19.1 Å². The molecule has 0 bridgehead atoms. The average Bonchev–Trinajstić information content (AvgIpc) is 2.99. The largest absolute Gasteiger partial charge is 0.497 e. The Morgan fingerprint density at radius 2 is 1.60 bits per heavy atom. The molecule has 42 heavy (non-hydrogen) atoms. The molecule has 1 aliphatic rings. The second-order valence-electron chi connectivity index (χ2n) is 10.6. The average molecular weight is 596 g/mol. The van der Waals surface area contributed by atoms with E-state index in [0.29, 0.717) is 5.75 Å². The van der Waals surface area contributed by atoms with Crippen LogP contribution in [0.1, 0.15) is 43.2 Å². The number of nitrogens with one attached hydrogen (secondary N) is 1. The molecular formula is C32H38FN3O5S. The summed E-state index contributed by atoms with van der Waals surface area (Å²) in [6.45, 7) is -0.775. The van der Waals surface area contributed by atoms with E-state index in [1.807, 2.05) is 30.3 Å². The Balaban J connectivity index is 1.72. The maximum atomic E-state index is 14.9. The highest BCUT2D eigenvalue weighted by atomic mass is 32.2. The van der Waals surface area contributed by atoms with Crippen molar-refractivity contribution in [2.45, 2.75) is 57.2 Å². The summed E-state index contributed by atoms with van der Waals surface area (Å²) in [5.41, 5.74) is 1.32. The van der Waals surface area contributed by atoms with Gasteiger partial charge in [0.15, 0.2) is 0 Å². The number of anilines is 1. The minimum atomic E-state index is -3.90. The first kappa shape index (κ1) is 31.0. The molecule has 2 amide bonds. The summed E-state index contributed by atoms with van der Waals surface area (Å²) in [6.07, 6.45) is 6.04. The van der Waals surface area contributed by atoms with Crippen molar-refractivity contribution in [2.24, 2.45) is 0 Å². The fraction of sp³-hybridized carbons (Fsp3) is 0.375. The monoisotopic (exact) mass is 595 g/mol. The summed E-state index contributed by atoms with van der Waals surface area (Å²) in [5, 5.41) is 3.13. The van der Waals surface area contributed by atoms with Gasteiger partial charge in [0.2, 0.25) is 21.8 Å². The normalized spacial score (nSPS) is 14.5. The summed E-state index contributed by atoms with van der Waals surface area (Å²) in [4.78, 5) is 29.4. The quantitative estimate of drug-likeness (QED) is 0.328. The van der Waals surface area contributed by atoms with Gasteiger partial charge >= 0.3 is 0 Å². The molecule has 8 nitrogen and oxygen atoms in total. The molecule has 0 unspecified atom stereocenters. The van der Waals surface area contributed by atoms with Crippen molar-refractivity contribution < 1.29 is 27.1 Å². The molecule has 1 aliphatic carbocycles. The molecule has 1 N–H and O–H groups in total. The van der Waals surface area contributed by atoms with Crippen molar-refractivity contribution >= 4 is 27.5 Å². The first-order valence-corrected chi connectivity index (χ1v) is 16.0.